The number of hydrogen-bond donors (Lipinski definition) is 0. The lowest BCUT2D eigenvalue weighted by Gasteiger charge is -2.10. The van der Waals surface area contributed by atoms with E-state index in [0.29, 0.717) is 6.42 Å². The summed E-state index contributed by atoms with van der Waals surface area (Å²) >= 11 is 1.72. The molecule has 0 aliphatic heterocycles. The predicted molar refractivity (Wildman–Crippen MR) is 110 cm³/mol. The number of rotatable bonds is 6. The van der Waals surface area contributed by atoms with Crippen molar-refractivity contribution in [3.05, 3.63) is 108 Å². The molecule has 1 unspecified atom stereocenters. The van der Waals surface area contributed by atoms with Crippen molar-refractivity contribution < 1.29 is 4.79 Å². The highest BCUT2D eigenvalue weighted by atomic mass is 32.2. The Morgan fingerprint density at radius 2 is 1.38 bits per heavy atom. The molecule has 0 aliphatic rings. The zero-order chi connectivity index (χ0) is 18.0. The first-order valence-corrected chi connectivity index (χ1v) is 9.66. The maximum Gasteiger partial charge on any atom is 0.164 e. The zero-order valence-electron chi connectivity index (χ0n) is 14.5. The lowest BCUT2D eigenvalue weighted by molar-refractivity contribution is 0.0986. The van der Waals surface area contributed by atoms with E-state index in [1.807, 2.05) is 78.9 Å². The Bertz CT molecular complexity index is 877. The predicted octanol–water partition coefficient (Wildman–Crippen LogP) is 5.61. The van der Waals surface area contributed by atoms with E-state index in [4.69, 9.17) is 0 Å². The summed E-state index contributed by atoms with van der Waals surface area (Å²) in [6, 6.07) is 29.7. The third kappa shape index (κ3) is 5.65. The smallest absolute Gasteiger partial charge is 0.164 e. The quantitative estimate of drug-likeness (QED) is 0.422. The van der Waals surface area contributed by atoms with Crippen LogP contribution in [-0.4, -0.2) is 11.0 Å². The van der Waals surface area contributed by atoms with E-state index in [0.717, 1.165) is 16.9 Å². The molecule has 0 aromatic heterocycles. The Labute approximate surface area is 159 Å². The Hall–Kier alpha value is -2.76. The van der Waals surface area contributed by atoms with Crippen molar-refractivity contribution in [1.29, 1.82) is 0 Å². The maximum atomic E-state index is 12.6. The first-order chi connectivity index (χ1) is 12.8. The van der Waals surface area contributed by atoms with Crippen LogP contribution in [0.1, 0.15) is 27.9 Å². The van der Waals surface area contributed by atoms with Gasteiger partial charge >= 0.3 is 0 Å². The van der Waals surface area contributed by atoms with Crippen LogP contribution in [-0.2, 0) is 5.75 Å². The molecule has 3 aromatic carbocycles. The van der Waals surface area contributed by atoms with Crippen molar-refractivity contribution in [3.63, 3.8) is 0 Å². The van der Waals surface area contributed by atoms with E-state index in [1.54, 1.807) is 11.8 Å². The molecule has 26 heavy (non-hydrogen) atoms. The number of ketones is 1. The van der Waals surface area contributed by atoms with Crippen LogP contribution in [0.25, 0.3) is 0 Å². The van der Waals surface area contributed by atoms with Crippen LogP contribution in [0.2, 0.25) is 0 Å². The number of hydrogen-bond acceptors (Lipinski definition) is 2. The fraction of sp³-hybridized carbons (Fsp3) is 0.125. The van der Waals surface area contributed by atoms with Crippen molar-refractivity contribution in [1.82, 2.24) is 0 Å². The second-order valence-corrected chi connectivity index (χ2v) is 7.10. The van der Waals surface area contributed by atoms with E-state index >= 15 is 0 Å². The minimum atomic E-state index is -0.0388. The van der Waals surface area contributed by atoms with Crippen LogP contribution < -0.4 is 0 Å². The minimum Gasteiger partial charge on any atom is -0.294 e. The first kappa shape index (κ1) is 18.0. The van der Waals surface area contributed by atoms with E-state index < -0.39 is 0 Å². The van der Waals surface area contributed by atoms with Gasteiger partial charge in [0, 0.05) is 23.3 Å². The average molecular weight is 356 g/mol. The summed E-state index contributed by atoms with van der Waals surface area (Å²) in [5, 5.41) is -0.0388. The molecule has 0 heterocycles. The second-order valence-electron chi connectivity index (χ2n) is 5.91. The number of Topliss-reactive ketones (excluding diaryl/α,β-unsaturated/α-hetero) is 1. The third-order valence-electron chi connectivity index (χ3n) is 3.91. The Morgan fingerprint density at radius 3 is 2.04 bits per heavy atom. The van der Waals surface area contributed by atoms with Gasteiger partial charge in [-0.1, -0.05) is 90.7 Å². The fourth-order valence-electron chi connectivity index (χ4n) is 2.52. The van der Waals surface area contributed by atoms with Gasteiger partial charge in [-0.3, -0.25) is 4.79 Å². The summed E-state index contributed by atoms with van der Waals surface area (Å²) in [5.74, 6) is 7.50. The van der Waals surface area contributed by atoms with Gasteiger partial charge in [0.15, 0.2) is 5.78 Å². The molecule has 0 fully saturated rings. The van der Waals surface area contributed by atoms with Gasteiger partial charge in [-0.05, 0) is 17.7 Å². The molecule has 3 rings (SSSR count). The molecule has 0 radical (unpaired) electrons. The summed E-state index contributed by atoms with van der Waals surface area (Å²) in [6.07, 6.45) is 0.418. The van der Waals surface area contributed by atoms with Gasteiger partial charge in [-0.25, -0.2) is 0 Å². The van der Waals surface area contributed by atoms with Gasteiger partial charge in [-0.15, -0.1) is 11.8 Å². The van der Waals surface area contributed by atoms with E-state index in [9.17, 15) is 4.79 Å². The molecular weight excluding hydrogens is 336 g/mol. The Morgan fingerprint density at radius 1 is 0.808 bits per heavy atom. The van der Waals surface area contributed by atoms with Crippen LogP contribution in [0.5, 0.6) is 0 Å². The lowest BCUT2D eigenvalue weighted by atomic mass is 10.1. The van der Waals surface area contributed by atoms with Crippen LogP contribution in [0.3, 0.4) is 0 Å². The number of carbonyl (C=O) groups is 1. The third-order valence-corrected chi connectivity index (χ3v) is 5.10. The molecule has 3 aromatic rings. The minimum absolute atomic E-state index is 0.0388. The normalized spacial score (nSPS) is 11.2. The molecule has 0 saturated carbocycles. The van der Waals surface area contributed by atoms with Crippen LogP contribution >= 0.6 is 11.8 Å². The van der Waals surface area contributed by atoms with Crippen LogP contribution in [0, 0.1) is 11.8 Å². The van der Waals surface area contributed by atoms with Gasteiger partial charge < -0.3 is 0 Å². The standard InChI is InChI=1S/C24H20OS/c25-24(22-14-8-3-9-15-22)18-23(17-16-20-10-4-1-5-11-20)26-19-21-12-6-2-7-13-21/h1-15,23H,18-19H2. The molecule has 0 spiro atoms. The summed E-state index contributed by atoms with van der Waals surface area (Å²) in [5.41, 5.74) is 2.97. The molecule has 2 heteroatoms. The summed E-state index contributed by atoms with van der Waals surface area (Å²) in [4.78, 5) is 12.6. The highest BCUT2D eigenvalue weighted by Crippen LogP contribution is 2.22. The molecule has 1 nitrogen and oxygen atoms in total. The van der Waals surface area contributed by atoms with Crippen molar-refractivity contribution in [2.45, 2.75) is 17.4 Å². The van der Waals surface area contributed by atoms with E-state index in [-0.39, 0.29) is 11.0 Å². The van der Waals surface area contributed by atoms with E-state index in [1.165, 1.54) is 5.56 Å². The van der Waals surface area contributed by atoms with Crippen LogP contribution in [0.4, 0.5) is 0 Å². The average Bonchev–Trinajstić information content (AvgIpc) is 2.72. The molecule has 1 atom stereocenters. The van der Waals surface area contributed by atoms with Gasteiger partial charge in [0.25, 0.3) is 0 Å². The van der Waals surface area contributed by atoms with Crippen molar-refractivity contribution >= 4 is 17.5 Å². The number of thioether (sulfide) groups is 1. The zero-order valence-corrected chi connectivity index (χ0v) is 15.3. The number of carbonyl (C=O) groups excluding carboxylic acids is 1. The second kappa shape index (κ2) is 9.65. The monoisotopic (exact) mass is 356 g/mol. The van der Waals surface area contributed by atoms with Gasteiger partial charge in [0.2, 0.25) is 0 Å². The summed E-state index contributed by atoms with van der Waals surface area (Å²) < 4.78 is 0. The molecular formula is C24H20OS. The Balaban J connectivity index is 1.72. The summed E-state index contributed by atoms with van der Waals surface area (Å²) in [7, 11) is 0. The fourth-order valence-corrected chi connectivity index (χ4v) is 3.52. The number of benzene rings is 3. The van der Waals surface area contributed by atoms with Crippen molar-refractivity contribution in [2.24, 2.45) is 0 Å². The van der Waals surface area contributed by atoms with Crippen molar-refractivity contribution in [2.75, 3.05) is 0 Å². The van der Waals surface area contributed by atoms with Crippen LogP contribution in [0.15, 0.2) is 91.0 Å². The van der Waals surface area contributed by atoms with Gasteiger partial charge in [0.1, 0.15) is 0 Å². The van der Waals surface area contributed by atoms with E-state index in [2.05, 4.69) is 24.0 Å². The summed E-state index contributed by atoms with van der Waals surface area (Å²) in [6.45, 7) is 0. The maximum absolute atomic E-state index is 12.6. The SMILES string of the molecule is O=C(CC(C#Cc1ccccc1)SCc1ccccc1)c1ccccc1. The topological polar surface area (TPSA) is 17.1 Å². The molecule has 128 valence electrons. The lowest BCUT2D eigenvalue weighted by Crippen LogP contribution is -2.09. The molecule has 0 aliphatic carbocycles. The van der Waals surface area contributed by atoms with Gasteiger partial charge in [0.05, 0.1) is 5.25 Å². The largest absolute Gasteiger partial charge is 0.294 e. The molecule has 0 saturated heterocycles. The molecule has 0 N–H and O–H groups in total. The van der Waals surface area contributed by atoms with Gasteiger partial charge in [-0.2, -0.15) is 0 Å². The highest BCUT2D eigenvalue weighted by Gasteiger charge is 2.14. The molecule has 0 amide bonds. The first-order valence-electron chi connectivity index (χ1n) is 8.61. The highest BCUT2D eigenvalue weighted by molar-refractivity contribution is 7.99. The Kier molecular flexibility index (Phi) is 6.70. The molecule has 0 bridgehead atoms. The van der Waals surface area contributed by atoms with Crippen molar-refractivity contribution in [3.8, 4) is 11.8 Å².